The summed E-state index contributed by atoms with van der Waals surface area (Å²) in [6.45, 7) is 0. The molecule has 3 nitrogen and oxygen atoms in total. The van der Waals surface area contributed by atoms with Gasteiger partial charge in [-0.05, 0) is 11.5 Å². The van der Waals surface area contributed by atoms with Gasteiger partial charge in [-0.15, -0.1) is 0 Å². The largest absolute Gasteiger partial charge is 0.384 e. The van der Waals surface area contributed by atoms with Crippen LogP contribution in [0.2, 0.25) is 0 Å². The second kappa shape index (κ2) is 2.86. The summed E-state index contributed by atoms with van der Waals surface area (Å²) in [4.78, 5) is 4.00. The van der Waals surface area contributed by atoms with Crippen LogP contribution in [0.5, 0.6) is 0 Å². The van der Waals surface area contributed by atoms with Gasteiger partial charge in [0.15, 0.2) is 0 Å². The van der Waals surface area contributed by atoms with Crippen LogP contribution in [0.25, 0.3) is 10.8 Å². The molecule has 0 bridgehead atoms. The number of nitrogens with two attached hydrogens (primary N) is 1. The molecule has 0 radical (unpaired) electrons. The van der Waals surface area contributed by atoms with Crippen molar-refractivity contribution in [2.45, 2.75) is 0 Å². The predicted molar refractivity (Wildman–Crippen MR) is 52.8 cm³/mol. The van der Waals surface area contributed by atoms with E-state index >= 15 is 0 Å². The highest BCUT2D eigenvalue weighted by atomic mass is 14.7. The van der Waals surface area contributed by atoms with Crippen molar-refractivity contribution in [3.05, 3.63) is 42.2 Å². The van der Waals surface area contributed by atoms with Gasteiger partial charge in [-0.2, -0.15) is 0 Å². The van der Waals surface area contributed by atoms with E-state index in [-0.39, 0.29) is 5.84 Å². The minimum atomic E-state index is 0.0820. The summed E-state index contributed by atoms with van der Waals surface area (Å²) in [6, 6.07) is 7.59. The molecule has 0 aliphatic carbocycles. The van der Waals surface area contributed by atoms with Crippen LogP contribution < -0.4 is 5.73 Å². The van der Waals surface area contributed by atoms with Crippen LogP contribution in [0.1, 0.15) is 5.56 Å². The third kappa shape index (κ3) is 1.24. The Morgan fingerprint density at radius 1 is 1.31 bits per heavy atom. The van der Waals surface area contributed by atoms with Crippen LogP contribution in [-0.2, 0) is 0 Å². The first-order valence-corrected chi connectivity index (χ1v) is 3.96. The fourth-order valence-electron chi connectivity index (χ4n) is 1.35. The summed E-state index contributed by atoms with van der Waals surface area (Å²) in [7, 11) is 0. The van der Waals surface area contributed by atoms with Crippen LogP contribution in [-0.4, -0.2) is 10.8 Å². The lowest BCUT2D eigenvalue weighted by molar-refractivity contribution is 1.35. The van der Waals surface area contributed by atoms with E-state index in [4.69, 9.17) is 11.1 Å². The SMILES string of the molecule is N=C(N)c1cccc2ccncc12. The van der Waals surface area contributed by atoms with E-state index in [1.165, 1.54) is 0 Å². The summed E-state index contributed by atoms with van der Waals surface area (Å²) in [5, 5.41) is 9.35. The molecule has 13 heavy (non-hydrogen) atoms. The number of aromatic nitrogens is 1. The van der Waals surface area contributed by atoms with Crippen molar-refractivity contribution in [2.75, 3.05) is 0 Å². The van der Waals surface area contributed by atoms with Gasteiger partial charge in [0.1, 0.15) is 5.84 Å². The number of amidine groups is 1. The monoisotopic (exact) mass is 171 g/mol. The fourth-order valence-corrected chi connectivity index (χ4v) is 1.35. The number of nitrogens with zero attached hydrogens (tertiary/aromatic N) is 1. The summed E-state index contributed by atoms with van der Waals surface area (Å²) < 4.78 is 0. The lowest BCUT2D eigenvalue weighted by Gasteiger charge is -2.02. The minimum absolute atomic E-state index is 0.0820. The van der Waals surface area contributed by atoms with Crippen LogP contribution in [0, 0.1) is 5.41 Å². The normalized spacial score (nSPS) is 10.2. The van der Waals surface area contributed by atoms with Crippen molar-refractivity contribution in [1.29, 1.82) is 5.41 Å². The standard InChI is InChI=1S/C10H9N3/c11-10(12)8-3-1-2-7-4-5-13-6-9(7)8/h1-6H,(H3,11,12). The molecule has 2 rings (SSSR count). The van der Waals surface area contributed by atoms with Gasteiger partial charge < -0.3 is 5.73 Å². The number of benzene rings is 1. The molecular weight excluding hydrogens is 162 g/mol. The van der Waals surface area contributed by atoms with Gasteiger partial charge in [-0.25, -0.2) is 0 Å². The van der Waals surface area contributed by atoms with Crippen molar-refractivity contribution in [2.24, 2.45) is 5.73 Å². The topological polar surface area (TPSA) is 62.8 Å². The molecule has 0 spiro atoms. The maximum atomic E-state index is 7.37. The van der Waals surface area contributed by atoms with Crippen molar-refractivity contribution in [1.82, 2.24) is 4.98 Å². The van der Waals surface area contributed by atoms with Gasteiger partial charge in [0.05, 0.1) is 0 Å². The number of pyridine rings is 1. The molecule has 0 atom stereocenters. The number of fused-ring (bicyclic) bond motifs is 1. The molecule has 0 aliphatic heterocycles. The second-order valence-electron chi connectivity index (χ2n) is 2.82. The molecule has 0 amide bonds. The Morgan fingerprint density at radius 2 is 2.15 bits per heavy atom. The first-order chi connectivity index (χ1) is 6.29. The first kappa shape index (κ1) is 7.73. The summed E-state index contributed by atoms with van der Waals surface area (Å²) >= 11 is 0. The quantitative estimate of drug-likeness (QED) is 0.504. The molecule has 0 unspecified atom stereocenters. The molecular formula is C10H9N3. The highest BCUT2D eigenvalue weighted by Gasteiger charge is 2.01. The fraction of sp³-hybridized carbons (Fsp3) is 0. The van der Waals surface area contributed by atoms with E-state index in [9.17, 15) is 0 Å². The second-order valence-corrected chi connectivity index (χ2v) is 2.82. The summed E-state index contributed by atoms with van der Waals surface area (Å²) in [5.41, 5.74) is 6.18. The lowest BCUT2D eigenvalue weighted by atomic mass is 10.1. The molecule has 3 N–H and O–H groups in total. The van der Waals surface area contributed by atoms with Crippen molar-refractivity contribution in [3.63, 3.8) is 0 Å². The highest BCUT2D eigenvalue weighted by Crippen LogP contribution is 2.16. The first-order valence-electron chi connectivity index (χ1n) is 3.96. The Bertz CT molecular complexity index is 457. The van der Waals surface area contributed by atoms with E-state index < -0.39 is 0 Å². The van der Waals surface area contributed by atoms with Crippen molar-refractivity contribution >= 4 is 16.6 Å². The molecule has 1 aromatic carbocycles. The van der Waals surface area contributed by atoms with Gasteiger partial charge in [0.25, 0.3) is 0 Å². The number of nitrogens with one attached hydrogen (secondary N) is 1. The number of rotatable bonds is 1. The van der Waals surface area contributed by atoms with E-state index in [1.807, 2.05) is 24.3 Å². The van der Waals surface area contributed by atoms with Gasteiger partial charge in [-0.1, -0.05) is 18.2 Å². The zero-order valence-corrected chi connectivity index (χ0v) is 6.99. The Morgan fingerprint density at radius 3 is 2.92 bits per heavy atom. The lowest BCUT2D eigenvalue weighted by Crippen LogP contribution is -2.11. The zero-order chi connectivity index (χ0) is 9.26. The maximum absolute atomic E-state index is 7.37. The molecule has 2 aromatic rings. The number of hydrogen-bond acceptors (Lipinski definition) is 2. The Balaban J connectivity index is 2.83. The Labute approximate surface area is 75.7 Å². The average Bonchev–Trinajstić information content (AvgIpc) is 2.17. The molecule has 1 aromatic heterocycles. The van der Waals surface area contributed by atoms with E-state index in [0.717, 1.165) is 16.3 Å². The Hall–Kier alpha value is -1.90. The van der Waals surface area contributed by atoms with Gasteiger partial charge in [-0.3, -0.25) is 10.4 Å². The van der Waals surface area contributed by atoms with Gasteiger partial charge in [0, 0.05) is 23.3 Å². The Kier molecular flexibility index (Phi) is 1.70. The third-order valence-electron chi connectivity index (χ3n) is 1.97. The van der Waals surface area contributed by atoms with E-state index in [2.05, 4.69) is 4.98 Å². The molecule has 0 fully saturated rings. The molecule has 0 aliphatic rings. The van der Waals surface area contributed by atoms with Gasteiger partial charge in [0.2, 0.25) is 0 Å². The predicted octanol–water partition coefficient (Wildman–Crippen LogP) is 1.52. The highest BCUT2D eigenvalue weighted by molar-refractivity contribution is 6.07. The van der Waals surface area contributed by atoms with Gasteiger partial charge >= 0.3 is 0 Å². The molecule has 1 heterocycles. The summed E-state index contributed by atoms with van der Waals surface area (Å²) in [6.07, 6.45) is 3.46. The van der Waals surface area contributed by atoms with Crippen LogP contribution >= 0.6 is 0 Å². The zero-order valence-electron chi connectivity index (χ0n) is 6.99. The van der Waals surface area contributed by atoms with E-state index in [1.54, 1.807) is 12.4 Å². The van der Waals surface area contributed by atoms with Crippen molar-refractivity contribution in [3.8, 4) is 0 Å². The van der Waals surface area contributed by atoms with E-state index in [0.29, 0.717) is 0 Å². The average molecular weight is 171 g/mol. The smallest absolute Gasteiger partial charge is 0.123 e. The molecule has 0 saturated carbocycles. The minimum Gasteiger partial charge on any atom is -0.384 e. The van der Waals surface area contributed by atoms with Crippen LogP contribution in [0.3, 0.4) is 0 Å². The number of hydrogen-bond donors (Lipinski definition) is 2. The number of nitrogen functional groups attached to an aromatic ring is 1. The van der Waals surface area contributed by atoms with Crippen molar-refractivity contribution < 1.29 is 0 Å². The molecule has 3 heteroatoms. The van der Waals surface area contributed by atoms with Crippen LogP contribution in [0.4, 0.5) is 0 Å². The van der Waals surface area contributed by atoms with Crippen LogP contribution in [0.15, 0.2) is 36.7 Å². The molecule has 64 valence electrons. The third-order valence-corrected chi connectivity index (χ3v) is 1.97. The summed E-state index contributed by atoms with van der Waals surface area (Å²) in [5.74, 6) is 0.0820. The maximum Gasteiger partial charge on any atom is 0.123 e. The molecule has 0 saturated heterocycles.